The molecular weight excluding hydrogens is 456 g/mol. The summed E-state index contributed by atoms with van der Waals surface area (Å²) in [5, 5.41) is 0. The van der Waals surface area contributed by atoms with E-state index >= 15 is 0 Å². The third kappa shape index (κ3) is 5.11. The standard InChI is InChI=1S/C29H28N2O5/c1-21(32)34-20-25-27(35-19-24-15-9-4-10-16-24)26-28(36-25)31(18-23-13-7-3-8-14-23)29(33)30(26)17-22-11-5-2-6-12-22/h2-16,20,26-28H,17-19H2,1H3/b25-20+/t26-,27+,28+/m1/s1. The lowest BCUT2D eigenvalue weighted by molar-refractivity contribution is -0.135. The van der Waals surface area contributed by atoms with E-state index in [2.05, 4.69) is 0 Å². The molecule has 36 heavy (non-hydrogen) atoms. The van der Waals surface area contributed by atoms with E-state index in [0.29, 0.717) is 25.5 Å². The summed E-state index contributed by atoms with van der Waals surface area (Å²) in [5.41, 5.74) is 2.99. The monoisotopic (exact) mass is 484 g/mol. The normalized spacial score (nSPS) is 22.0. The number of hydrogen-bond acceptors (Lipinski definition) is 5. The van der Waals surface area contributed by atoms with Crippen LogP contribution in [0.25, 0.3) is 0 Å². The molecule has 3 aromatic carbocycles. The maximum absolute atomic E-state index is 13.7. The highest BCUT2D eigenvalue weighted by molar-refractivity contribution is 5.78. The van der Waals surface area contributed by atoms with Crippen LogP contribution in [0.4, 0.5) is 4.79 Å². The molecule has 184 valence electrons. The van der Waals surface area contributed by atoms with Gasteiger partial charge in [0, 0.05) is 13.5 Å². The third-order valence-electron chi connectivity index (χ3n) is 6.30. The van der Waals surface area contributed by atoms with Crippen LogP contribution in [0.2, 0.25) is 0 Å². The van der Waals surface area contributed by atoms with Gasteiger partial charge in [-0.2, -0.15) is 0 Å². The van der Waals surface area contributed by atoms with Gasteiger partial charge >= 0.3 is 12.0 Å². The third-order valence-corrected chi connectivity index (χ3v) is 6.30. The first kappa shape index (κ1) is 23.6. The fourth-order valence-electron chi connectivity index (χ4n) is 4.63. The van der Waals surface area contributed by atoms with Crippen LogP contribution in [0.15, 0.2) is 103 Å². The number of hydrogen-bond donors (Lipinski definition) is 0. The molecule has 2 amide bonds. The number of fused-ring (bicyclic) bond motifs is 1. The summed E-state index contributed by atoms with van der Waals surface area (Å²) in [6.07, 6.45) is 0.106. The molecule has 5 rings (SSSR count). The van der Waals surface area contributed by atoms with E-state index in [4.69, 9.17) is 14.2 Å². The Morgan fingerprint density at radius 1 is 0.833 bits per heavy atom. The molecule has 2 aliphatic heterocycles. The molecule has 7 nitrogen and oxygen atoms in total. The number of rotatable bonds is 8. The number of amides is 2. The van der Waals surface area contributed by atoms with E-state index in [1.54, 1.807) is 9.80 Å². The van der Waals surface area contributed by atoms with Gasteiger partial charge in [-0.3, -0.25) is 9.69 Å². The highest BCUT2D eigenvalue weighted by Crippen LogP contribution is 2.40. The lowest BCUT2D eigenvalue weighted by Gasteiger charge is -2.26. The zero-order valence-electron chi connectivity index (χ0n) is 20.0. The molecule has 0 aliphatic carbocycles. The minimum atomic E-state index is -0.608. The van der Waals surface area contributed by atoms with Gasteiger partial charge in [-0.1, -0.05) is 91.0 Å². The second-order valence-corrected chi connectivity index (χ2v) is 8.86. The minimum Gasteiger partial charge on any atom is -0.466 e. The Balaban J connectivity index is 1.48. The van der Waals surface area contributed by atoms with Gasteiger partial charge in [0.15, 0.2) is 12.0 Å². The highest BCUT2D eigenvalue weighted by atomic mass is 16.6. The maximum atomic E-state index is 13.7. The summed E-state index contributed by atoms with van der Waals surface area (Å²) in [7, 11) is 0. The van der Waals surface area contributed by atoms with E-state index in [0.717, 1.165) is 16.7 Å². The predicted octanol–water partition coefficient (Wildman–Crippen LogP) is 4.84. The number of carbonyl (C=O) groups excluding carboxylic acids is 2. The first-order valence-corrected chi connectivity index (χ1v) is 11.9. The SMILES string of the molecule is CC(=O)O/C=C1/O[C@H]2[C@@H]([C@H]1OCc1ccccc1)N(Cc1ccccc1)C(=O)N2Cc1ccccc1. The Kier molecular flexibility index (Phi) is 7.00. The number of esters is 1. The van der Waals surface area contributed by atoms with Gasteiger partial charge in [0.2, 0.25) is 0 Å². The molecule has 2 saturated heterocycles. The summed E-state index contributed by atoms with van der Waals surface area (Å²) < 4.78 is 17.8. The second-order valence-electron chi connectivity index (χ2n) is 8.86. The van der Waals surface area contributed by atoms with Gasteiger partial charge < -0.3 is 19.1 Å². The van der Waals surface area contributed by atoms with Gasteiger partial charge in [-0.15, -0.1) is 0 Å². The van der Waals surface area contributed by atoms with Crippen molar-refractivity contribution >= 4 is 12.0 Å². The van der Waals surface area contributed by atoms with Crippen LogP contribution in [0, 0.1) is 0 Å². The van der Waals surface area contributed by atoms with Crippen LogP contribution >= 0.6 is 0 Å². The molecule has 0 saturated carbocycles. The summed E-state index contributed by atoms with van der Waals surface area (Å²) in [6, 6.07) is 28.9. The predicted molar refractivity (Wildman–Crippen MR) is 133 cm³/mol. The van der Waals surface area contributed by atoms with Crippen molar-refractivity contribution in [3.05, 3.63) is 120 Å². The summed E-state index contributed by atoms with van der Waals surface area (Å²) in [6.45, 7) is 2.45. The largest absolute Gasteiger partial charge is 0.466 e. The minimum absolute atomic E-state index is 0.127. The van der Waals surface area contributed by atoms with E-state index in [-0.39, 0.29) is 6.03 Å². The molecule has 0 aromatic heterocycles. The van der Waals surface area contributed by atoms with Crippen molar-refractivity contribution < 1.29 is 23.8 Å². The van der Waals surface area contributed by atoms with Gasteiger partial charge in [0.1, 0.15) is 18.4 Å². The molecule has 3 aromatic rings. The van der Waals surface area contributed by atoms with Crippen LogP contribution in [0.1, 0.15) is 23.6 Å². The van der Waals surface area contributed by atoms with Gasteiger partial charge in [0.25, 0.3) is 0 Å². The molecule has 0 unspecified atom stereocenters. The molecule has 2 heterocycles. The van der Waals surface area contributed by atoms with E-state index in [9.17, 15) is 9.59 Å². The van der Waals surface area contributed by atoms with Crippen molar-refractivity contribution in [3.63, 3.8) is 0 Å². The Labute approximate surface area is 210 Å². The Bertz CT molecular complexity index is 1220. The molecule has 2 aliphatic rings. The smallest absolute Gasteiger partial charge is 0.324 e. The highest BCUT2D eigenvalue weighted by Gasteiger charge is 2.57. The molecule has 0 bridgehead atoms. The number of ether oxygens (including phenoxy) is 3. The summed E-state index contributed by atoms with van der Waals surface area (Å²) >= 11 is 0. The van der Waals surface area contributed by atoms with E-state index in [1.165, 1.54) is 13.2 Å². The van der Waals surface area contributed by atoms with Crippen molar-refractivity contribution in [2.24, 2.45) is 0 Å². The van der Waals surface area contributed by atoms with Crippen LogP contribution < -0.4 is 0 Å². The average Bonchev–Trinajstić information content (AvgIpc) is 3.38. The van der Waals surface area contributed by atoms with E-state index < -0.39 is 24.3 Å². The van der Waals surface area contributed by atoms with Crippen molar-refractivity contribution in [2.75, 3.05) is 0 Å². The van der Waals surface area contributed by atoms with Crippen molar-refractivity contribution in [1.29, 1.82) is 0 Å². The molecule has 0 radical (unpaired) electrons. The Morgan fingerprint density at radius 3 is 1.92 bits per heavy atom. The van der Waals surface area contributed by atoms with Crippen molar-refractivity contribution in [2.45, 2.75) is 45.0 Å². The van der Waals surface area contributed by atoms with Crippen molar-refractivity contribution in [1.82, 2.24) is 9.80 Å². The fourth-order valence-corrected chi connectivity index (χ4v) is 4.63. The Hall–Kier alpha value is -4.10. The van der Waals surface area contributed by atoms with Gasteiger partial charge in [-0.25, -0.2) is 4.79 Å². The Morgan fingerprint density at radius 2 is 1.36 bits per heavy atom. The maximum Gasteiger partial charge on any atom is 0.324 e. The number of benzene rings is 3. The fraction of sp³-hybridized carbons (Fsp3) is 0.241. The van der Waals surface area contributed by atoms with E-state index in [1.807, 2.05) is 91.0 Å². The average molecular weight is 485 g/mol. The topological polar surface area (TPSA) is 68.3 Å². The number of urea groups is 1. The van der Waals surface area contributed by atoms with Crippen LogP contribution in [-0.2, 0) is 38.7 Å². The molecule has 7 heteroatoms. The van der Waals surface area contributed by atoms with Gasteiger partial charge in [0.05, 0.1) is 13.2 Å². The number of nitrogens with zero attached hydrogens (tertiary/aromatic N) is 2. The second kappa shape index (κ2) is 10.7. The number of carbonyl (C=O) groups is 2. The lowest BCUT2D eigenvalue weighted by Crippen LogP contribution is -2.42. The first-order chi connectivity index (χ1) is 17.6. The molecule has 2 fully saturated rings. The zero-order chi connectivity index (χ0) is 24.9. The lowest BCUT2D eigenvalue weighted by atomic mass is 10.1. The van der Waals surface area contributed by atoms with Crippen LogP contribution in [-0.4, -0.2) is 40.2 Å². The van der Waals surface area contributed by atoms with Crippen molar-refractivity contribution in [3.8, 4) is 0 Å². The molecule has 0 spiro atoms. The van der Waals surface area contributed by atoms with Gasteiger partial charge in [-0.05, 0) is 16.7 Å². The summed E-state index contributed by atoms with van der Waals surface area (Å²) in [4.78, 5) is 28.8. The summed E-state index contributed by atoms with van der Waals surface area (Å²) in [5.74, 6) is -0.0666. The van der Waals surface area contributed by atoms with Crippen LogP contribution in [0.3, 0.4) is 0 Å². The molecule has 3 atom stereocenters. The quantitative estimate of drug-likeness (QED) is 0.338. The molecular formula is C29H28N2O5. The van der Waals surface area contributed by atoms with Crippen LogP contribution in [0.5, 0.6) is 0 Å². The first-order valence-electron chi connectivity index (χ1n) is 11.9. The molecule has 0 N–H and O–H groups in total. The zero-order valence-corrected chi connectivity index (χ0v) is 20.0.